The van der Waals surface area contributed by atoms with E-state index in [4.69, 9.17) is 0 Å². The van der Waals surface area contributed by atoms with Crippen LogP contribution in [0.15, 0.2) is 54.2 Å². The fourth-order valence-corrected chi connectivity index (χ4v) is 4.26. The summed E-state index contributed by atoms with van der Waals surface area (Å²) >= 11 is 0. The number of benzene rings is 2. The molecule has 8 nitrogen and oxygen atoms in total. The van der Waals surface area contributed by atoms with E-state index in [1.54, 1.807) is 36.4 Å². The lowest BCUT2D eigenvalue weighted by Gasteiger charge is -2.36. The SMILES string of the molecule is CC(=O)Nc1ccc(C2=C(N3CCN(CCO)CC3)C(=O)N(c3ccc(C)cc3)C2=O)cc1. The molecule has 2 heterocycles. The molecule has 2 aromatic carbocycles. The van der Waals surface area contributed by atoms with Gasteiger partial charge in [0.2, 0.25) is 5.91 Å². The Labute approximate surface area is 193 Å². The molecule has 0 unspecified atom stereocenters. The number of rotatable bonds is 6. The quantitative estimate of drug-likeness (QED) is 0.656. The Morgan fingerprint density at radius 2 is 1.58 bits per heavy atom. The number of carbonyl (C=O) groups is 3. The number of piperazine rings is 1. The number of hydrogen-bond donors (Lipinski definition) is 2. The van der Waals surface area contributed by atoms with E-state index >= 15 is 0 Å². The highest BCUT2D eigenvalue weighted by Crippen LogP contribution is 2.35. The summed E-state index contributed by atoms with van der Waals surface area (Å²) in [5, 5.41) is 11.9. The number of nitrogens with one attached hydrogen (secondary N) is 1. The van der Waals surface area contributed by atoms with Gasteiger partial charge in [-0.05, 0) is 36.8 Å². The van der Waals surface area contributed by atoms with Crippen molar-refractivity contribution < 1.29 is 19.5 Å². The number of β-amino-alcohol motifs (C(OH)–C–C–N with tert-alkyl or cyclic N) is 1. The Balaban J connectivity index is 1.71. The van der Waals surface area contributed by atoms with E-state index in [1.165, 1.54) is 11.8 Å². The van der Waals surface area contributed by atoms with Crippen molar-refractivity contribution in [2.75, 3.05) is 49.5 Å². The summed E-state index contributed by atoms with van der Waals surface area (Å²) in [6.07, 6.45) is 0. The van der Waals surface area contributed by atoms with Crippen LogP contribution in [0.3, 0.4) is 0 Å². The summed E-state index contributed by atoms with van der Waals surface area (Å²) in [7, 11) is 0. The molecule has 3 amide bonds. The first-order chi connectivity index (χ1) is 15.9. The first-order valence-corrected chi connectivity index (χ1v) is 11.0. The number of imide groups is 1. The van der Waals surface area contributed by atoms with Gasteiger partial charge >= 0.3 is 0 Å². The summed E-state index contributed by atoms with van der Waals surface area (Å²) in [5.74, 6) is -0.870. The molecule has 0 aromatic heterocycles. The maximum atomic E-state index is 13.6. The predicted octanol–water partition coefficient (Wildman–Crippen LogP) is 1.85. The summed E-state index contributed by atoms with van der Waals surface area (Å²) in [5.41, 5.74) is 3.60. The molecule has 0 atom stereocenters. The number of aryl methyl sites for hydroxylation is 1. The van der Waals surface area contributed by atoms with Gasteiger partial charge in [0, 0.05) is 45.3 Å². The lowest BCUT2D eigenvalue weighted by atomic mass is 10.0. The van der Waals surface area contributed by atoms with Crippen LogP contribution in [0.2, 0.25) is 0 Å². The summed E-state index contributed by atoms with van der Waals surface area (Å²) < 4.78 is 0. The van der Waals surface area contributed by atoms with Crippen LogP contribution >= 0.6 is 0 Å². The fourth-order valence-electron chi connectivity index (χ4n) is 4.26. The topological polar surface area (TPSA) is 93.2 Å². The molecule has 2 aliphatic rings. The largest absolute Gasteiger partial charge is 0.395 e. The van der Waals surface area contributed by atoms with Crippen LogP contribution in [0, 0.1) is 6.92 Å². The second-order valence-electron chi connectivity index (χ2n) is 8.32. The molecule has 0 saturated carbocycles. The third-order valence-corrected chi connectivity index (χ3v) is 5.95. The number of anilines is 2. The van der Waals surface area contributed by atoms with E-state index in [1.807, 2.05) is 24.0 Å². The second-order valence-corrected chi connectivity index (χ2v) is 8.32. The summed E-state index contributed by atoms with van der Waals surface area (Å²) in [4.78, 5) is 43.9. The zero-order chi connectivity index (χ0) is 23.5. The monoisotopic (exact) mass is 448 g/mol. The van der Waals surface area contributed by atoms with Crippen LogP contribution in [-0.2, 0) is 14.4 Å². The van der Waals surface area contributed by atoms with E-state index in [-0.39, 0.29) is 24.3 Å². The molecule has 8 heteroatoms. The minimum absolute atomic E-state index is 0.0905. The molecule has 1 fully saturated rings. The van der Waals surface area contributed by atoms with Crippen LogP contribution in [0.4, 0.5) is 11.4 Å². The van der Waals surface area contributed by atoms with Crippen LogP contribution in [0.25, 0.3) is 5.57 Å². The van der Waals surface area contributed by atoms with E-state index in [0.717, 1.165) is 5.56 Å². The van der Waals surface area contributed by atoms with Gasteiger partial charge in [0.25, 0.3) is 11.8 Å². The van der Waals surface area contributed by atoms with Crippen molar-refractivity contribution in [2.45, 2.75) is 13.8 Å². The number of aliphatic hydroxyl groups is 1. The molecule has 0 radical (unpaired) electrons. The van der Waals surface area contributed by atoms with Gasteiger partial charge in [0.05, 0.1) is 17.9 Å². The van der Waals surface area contributed by atoms with Crippen molar-refractivity contribution in [3.05, 3.63) is 65.4 Å². The average molecular weight is 449 g/mol. The van der Waals surface area contributed by atoms with Crippen molar-refractivity contribution in [3.63, 3.8) is 0 Å². The maximum Gasteiger partial charge on any atom is 0.282 e. The Morgan fingerprint density at radius 1 is 0.939 bits per heavy atom. The number of hydrogen-bond acceptors (Lipinski definition) is 6. The number of carbonyl (C=O) groups excluding carboxylic acids is 3. The third-order valence-electron chi connectivity index (χ3n) is 5.95. The van der Waals surface area contributed by atoms with Gasteiger partial charge in [0.1, 0.15) is 5.70 Å². The van der Waals surface area contributed by atoms with Gasteiger partial charge in [0.15, 0.2) is 0 Å². The van der Waals surface area contributed by atoms with Crippen LogP contribution in [-0.4, -0.2) is 72.0 Å². The molecular weight excluding hydrogens is 420 g/mol. The lowest BCUT2D eigenvalue weighted by Crippen LogP contribution is -2.48. The van der Waals surface area contributed by atoms with Crippen molar-refractivity contribution in [2.24, 2.45) is 0 Å². The van der Waals surface area contributed by atoms with Crippen molar-refractivity contribution in [1.82, 2.24) is 9.80 Å². The Hall–Kier alpha value is -3.49. The van der Waals surface area contributed by atoms with Gasteiger partial charge in [-0.15, -0.1) is 0 Å². The predicted molar refractivity (Wildman–Crippen MR) is 126 cm³/mol. The van der Waals surface area contributed by atoms with Crippen molar-refractivity contribution >= 4 is 34.7 Å². The number of amides is 3. The van der Waals surface area contributed by atoms with Gasteiger partial charge in [-0.25, -0.2) is 4.90 Å². The highest BCUT2D eigenvalue weighted by Gasteiger charge is 2.43. The molecule has 2 aliphatic heterocycles. The molecule has 0 bridgehead atoms. The molecule has 4 rings (SSSR count). The second kappa shape index (κ2) is 9.56. The minimum Gasteiger partial charge on any atom is -0.395 e. The molecule has 0 spiro atoms. The average Bonchev–Trinajstić information content (AvgIpc) is 3.05. The van der Waals surface area contributed by atoms with Crippen molar-refractivity contribution in [3.8, 4) is 0 Å². The highest BCUT2D eigenvalue weighted by atomic mass is 16.3. The summed E-state index contributed by atoms with van der Waals surface area (Å²) in [6.45, 7) is 6.64. The fraction of sp³-hybridized carbons (Fsp3) is 0.320. The Bertz CT molecular complexity index is 1080. The zero-order valence-corrected chi connectivity index (χ0v) is 18.9. The zero-order valence-electron chi connectivity index (χ0n) is 18.9. The maximum absolute atomic E-state index is 13.6. The molecule has 172 valence electrons. The van der Waals surface area contributed by atoms with E-state index in [9.17, 15) is 19.5 Å². The Morgan fingerprint density at radius 3 is 2.15 bits per heavy atom. The molecule has 1 saturated heterocycles. The highest BCUT2D eigenvalue weighted by molar-refractivity contribution is 6.45. The number of nitrogens with zero attached hydrogens (tertiary/aromatic N) is 3. The lowest BCUT2D eigenvalue weighted by molar-refractivity contribution is -0.121. The van der Waals surface area contributed by atoms with E-state index in [0.29, 0.717) is 60.9 Å². The standard InChI is InChI=1S/C25H28N4O4/c1-17-3-9-21(10-4-17)29-24(32)22(19-5-7-20(8-6-19)26-18(2)31)23(25(29)33)28-13-11-27(12-14-28)15-16-30/h3-10,30H,11-16H2,1-2H3,(H,26,31). The molecule has 0 aliphatic carbocycles. The van der Waals surface area contributed by atoms with Gasteiger partial charge in [-0.3, -0.25) is 19.3 Å². The molecular formula is C25H28N4O4. The third kappa shape index (κ3) is 4.67. The minimum atomic E-state index is -0.357. The smallest absolute Gasteiger partial charge is 0.282 e. The normalized spacial score (nSPS) is 17.2. The molecule has 2 N–H and O–H groups in total. The summed E-state index contributed by atoms with van der Waals surface area (Å²) in [6, 6.07) is 14.3. The first-order valence-electron chi connectivity index (χ1n) is 11.0. The van der Waals surface area contributed by atoms with Crippen LogP contribution in [0.1, 0.15) is 18.1 Å². The van der Waals surface area contributed by atoms with Crippen LogP contribution in [0.5, 0.6) is 0 Å². The van der Waals surface area contributed by atoms with E-state index in [2.05, 4.69) is 10.2 Å². The number of aliphatic hydroxyl groups excluding tert-OH is 1. The van der Waals surface area contributed by atoms with Gasteiger partial charge < -0.3 is 15.3 Å². The Kier molecular flexibility index (Phi) is 6.57. The first kappa shape index (κ1) is 22.7. The van der Waals surface area contributed by atoms with Crippen LogP contribution < -0.4 is 10.2 Å². The van der Waals surface area contributed by atoms with Crippen molar-refractivity contribution in [1.29, 1.82) is 0 Å². The molecule has 33 heavy (non-hydrogen) atoms. The molecule has 2 aromatic rings. The van der Waals surface area contributed by atoms with Gasteiger partial charge in [-0.1, -0.05) is 29.8 Å². The van der Waals surface area contributed by atoms with Gasteiger partial charge in [-0.2, -0.15) is 0 Å². The van der Waals surface area contributed by atoms with E-state index < -0.39 is 0 Å².